The van der Waals surface area contributed by atoms with Crippen LogP contribution in [0.25, 0.3) is 0 Å². The fraction of sp³-hybridized carbons (Fsp3) is 0.957. The topological polar surface area (TPSA) is 20.2 Å². The quantitative estimate of drug-likeness (QED) is 0.290. The van der Waals surface area contributed by atoms with Gasteiger partial charge in [0.15, 0.2) is 0 Å². The molecule has 1 heteroatoms. The lowest BCUT2D eigenvalue weighted by atomic mass is 9.47. The minimum atomic E-state index is -0.0766. The Bertz CT molecular complexity index is 1120. The van der Waals surface area contributed by atoms with Gasteiger partial charge in [0.05, 0.1) is 6.10 Å². The first-order chi connectivity index (χ1) is 22.6. The zero-order valence-electron chi connectivity index (χ0n) is 33.9. The van der Waals surface area contributed by atoms with Gasteiger partial charge in [-0.05, 0) is 170 Å². The molecule has 7 rings (SSSR count). The summed E-state index contributed by atoms with van der Waals surface area (Å²) in [5, 5.41) is 10.2. The number of hydrogen-bond donors (Lipinski definition) is 1. The summed E-state index contributed by atoms with van der Waals surface area (Å²) in [7, 11) is 0. The molecule has 1 N–H and O–H groups in total. The predicted octanol–water partition coefficient (Wildman–Crippen LogP) is 13.7. The van der Waals surface area contributed by atoms with Crippen molar-refractivity contribution in [3.8, 4) is 0 Å². The van der Waals surface area contributed by atoms with Crippen LogP contribution in [-0.4, -0.2) is 11.2 Å². The van der Waals surface area contributed by atoms with Crippen LogP contribution in [0.4, 0.5) is 0 Å². The fourth-order valence-corrected chi connectivity index (χ4v) is 15.3. The van der Waals surface area contributed by atoms with Gasteiger partial charge in [-0.2, -0.15) is 0 Å². The van der Waals surface area contributed by atoms with Crippen LogP contribution in [-0.2, 0) is 0 Å². The van der Waals surface area contributed by atoms with Crippen LogP contribution in [0.3, 0.4) is 0 Å². The molecule has 0 spiro atoms. The zero-order chi connectivity index (χ0) is 34.6. The number of aliphatic hydroxyl groups is 1. The zero-order valence-corrected chi connectivity index (χ0v) is 33.9. The van der Waals surface area contributed by atoms with E-state index in [0.717, 1.165) is 77.9 Å². The third-order valence-electron chi connectivity index (χ3n) is 18.5. The lowest BCUT2D eigenvalue weighted by Crippen LogP contribution is -2.50. The minimum absolute atomic E-state index is 0.0766. The van der Waals surface area contributed by atoms with Crippen LogP contribution in [0.5, 0.6) is 0 Å². The van der Waals surface area contributed by atoms with E-state index in [1.807, 2.05) is 0 Å². The van der Waals surface area contributed by atoms with E-state index in [2.05, 4.69) is 75.3 Å². The summed E-state index contributed by atoms with van der Waals surface area (Å²) in [6.45, 7) is 25.5. The molecule has 0 unspecified atom stereocenters. The Balaban J connectivity index is 0.000000177. The van der Waals surface area contributed by atoms with E-state index in [4.69, 9.17) is 0 Å². The largest absolute Gasteiger partial charge is 0.393 e. The highest BCUT2D eigenvalue weighted by molar-refractivity contribution is 5.25. The third kappa shape index (κ3) is 6.82. The molecule has 0 aromatic carbocycles. The van der Waals surface area contributed by atoms with Crippen molar-refractivity contribution in [2.45, 2.75) is 197 Å². The van der Waals surface area contributed by atoms with Crippen molar-refractivity contribution in [1.29, 1.82) is 0 Å². The van der Waals surface area contributed by atoms with E-state index in [1.165, 1.54) is 109 Å². The van der Waals surface area contributed by atoms with Crippen LogP contribution in [0.15, 0.2) is 11.6 Å². The van der Waals surface area contributed by atoms with E-state index in [9.17, 15) is 5.11 Å². The van der Waals surface area contributed by atoms with Crippen molar-refractivity contribution >= 4 is 0 Å². The summed E-state index contributed by atoms with van der Waals surface area (Å²) >= 11 is 0. The lowest BCUT2D eigenvalue weighted by molar-refractivity contribution is -0.0692. The molecule has 6 fully saturated rings. The summed E-state index contributed by atoms with van der Waals surface area (Å²) in [4.78, 5) is 0. The smallest absolute Gasteiger partial charge is 0.0577 e. The highest BCUT2D eigenvalue weighted by Crippen LogP contribution is 2.67. The van der Waals surface area contributed by atoms with Gasteiger partial charge in [0.25, 0.3) is 0 Å². The maximum absolute atomic E-state index is 10.2. The van der Waals surface area contributed by atoms with Gasteiger partial charge >= 0.3 is 0 Å². The molecule has 276 valence electrons. The molecule has 0 saturated heterocycles. The monoisotopic (exact) mass is 663 g/mol. The fourth-order valence-electron chi connectivity index (χ4n) is 15.3. The number of fused-ring (bicyclic) bond motifs is 8. The molecule has 1 nitrogen and oxygen atoms in total. The molecule has 6 saturated carbocycles. The second-order valence-electron chi connectivity index (χ2n) is 21.8. The van der Waals surface area contributed by atoms with Crippen LogP contribution in [0.1, 0.15) is 191 Å². The second kappa shape index (κ2) is 14.3. The Hall–Kier alpha value is -0.300. The predicted molar refractivity (Wildman–Crippen MR) is 207 cm³/mol. The van der Waals surface area contributed by atoms with Crippen LogP contribution < -0.4 is 0 Å². The van der Waals surface area contributed by atoms with Crippen LogP contribution in [0.2, 0.25) is 0 Å². The van der Waals surface area contributed by atoms with Crippen LogP contribution in [0, 0.1) is 86.8 Å². The molecule has 2 bridgehead atoms. The van der Waals surface area contributed by atoms with E-state index < -0.39 is 0 Å². The maximum Gasteiger partial charge on any atom is 0.0577 e. The second-order valence-corrected chi connectivity index (χ2v) is 21.8. The summed E-state index contributed by atoms with van der Waals surface area (Å²) in [6, 6.07) is 0. The minimum Gasteiger partial charge on any atom is -0.393 e. The van der Waals surface area contributed by atoms with Crippen LogP contribution >= 0.6 is 0 Å². The number of rotatable bonds is 5. The maximum atomic E-state index is 10.2. The number of allylic oxidation sites excluding steroid dienone is 1. The van der Waals surface area contributed by atoms with Crippen molar-refractivity contribution in [1.82, 2.24) is 0 Å². The molecular formula is C47H82O. The molecule has 0 amide bonds. The van der Waals surface area contributed by atoms with Gasteiger partial charge < -0.3 is 5.11 Å². The van der Waals surface area contributed by atoms with E-state index in [0.29, 0.717) is 21.7 Å². The molecule has 0 radical (unpaired) electrons. The SMILES string of the molecule is CC(C)CCC[C@@H](C)[C@H]1CC[C@H]2[C@@H]3CC=C4C[C@@H](O)CC[C@]4(C)[C@H]3CC[C@]12C.C[C@@H]1CCC[C@@]2(C)CC[C@H]3[C@H](C)CC[C@@H](C[C@H]12)C3(C)C. The van der Waals surface area contributed by atoms with Gasteiger partial charge in [-0.25, -0.2) is 0 Å². The molecule has 48 heavy (non-hydrogen) atoms. The standard InChI is InChI=1S/C27H46O.C20H36/c1-18(2)7-6-8-19(3)23-11-12-24-22-10-9-20-17-21(28)13-15-26(20,4)25(22)14-16-27(23,24)5;1-14-7-6-11-20(5)12-10-17-15(2)8-9-16(13-18(14)20)19(17,3)4/h9,18-19,21-25,28H,6-8,10-17H2,1-5H3;14-18H,6-13H2,1-5H3/t19-,21+,22+,23-,24+,25+,26+,27-;14-,15-,16+,17+,18-,20+/m11/s1. The average molecular weight is 663 g/mol. The highest BCUT2D eigenvalue weighted by Gasteiger charge is 2.59. The highest BCUT2D eigenvalue weighted by atomic mass is 16.3. The Kier molecular flexibility index (Phi) is 11.1. The van der Waals surface area contributed by atoms with Crippen molar-refractivity contribution in [3.05, 3.63) is 11.6 Å². The first-order valence-electron chi connectivity index (χ1n) is 22.0. The number of hydrogen-bond acceptors (Lipinski definition) is 1. The molecular weight excluding hydrogens is 581 g/mol. The molecule has 0 aliphatic heterocycles. The first-order valence-corrected chi connectivity index (χ1v) is 22.0. The van der Waals surface area contributed by atoms with Crippen molar-refractivity contribution < 1.29 is 5.11 Å². The average Bonchev–Trinajstić information content (AvgIpc) is 3.37. The molecule has 14 atom stereocenters. The molecule has 0 aromatic rings. The molecule has 7 aliphatic carbocycles. The molecule has 0 heterocycles. The van der Waals surface area contributed by atoms with Gasteiger partial charge in [0.2, 0.25) is 0 Å². The summed E-state index contributed by atoms with van der Waals surface area (Å²) < 4.78 is 0. The van der Waals surface area contributed by atoms with Crippen molar-refractivity contribution in [3.63, 3.8) is 0 Å². The third-order valence-corrected chi connectivity index (χ3v) is 18.5. The van der Waals surface area contributed by atoms with Gasteiger partial charge in [-0.3, -0.25) is 0 Å². The van der Waals surface area contributed by atoms with Gasteiger partial charge in [0, 0.05) is 0 Å². The van der Waals surface area contributed by atoms with Gasteiger partial charge in [-0.15, -0.1) is 0 Å². The summed E-state index contributed by atoms with van der Waals surface area (Å²) in [6.07, 6.45) is 29.2. The normalized spacial score (nSPS) is 48.7. The Morgan fingerprint density at radius 2 is 1.46 bits per heavy atom. The summed E-state index contributed by atoms with van der Waals surface area (Å²) in [5.41, 5.74) is 3.86. The van der Waals surface area contributed by atoms with E-state index in [1.54, 1.807) is 5.57 Å². The Labute approximate surface area is 300 Å². The van der Waals surface area contributed by atoms with E-state index >= 15 is 0 Å². The van der Waals surface area contributed by atoms with Crippen molar-refractivity contribution in [2.75, 3.05) is 0 Å². The molecule has 0 aromatic heterocycles. The van der Waals surface area contributed by atoms with Gasteiger partial charge in [-0.1, -0.05) is 119 Å². The molecule has 7 aliphatic rings. The first kappa shape index (κ1) is 37.5. The lowest BCUT2D eigenvalue weighted by Gasteiger charge is -2.58. The number of aliphatic hydroxyl groups excluding tert-OH is 1. The Morgan fingerprint density at radius 1 is 0.729 bits per heavy atom. The Morgan fingerprint density at radius 3 is 2.21 bits per heavy atom. The van der Waals surface area contributed by atoms with Crippen molar-refractivity contribution in [2.24, 2.45) is 86.8 Å². The van der Waals surface area contributed by atoms with Gasteiger partial charge in [0.1, 0.15) is 0 Å². The van der Waals surface area contributed by atoms with E-state index in [-0.39, 0.29) is 6.10 Å². The summed E-state index contributed by atoms with van der Waals surface area (Å²) in [5.74, 6) is 10.4.